The maximum Gasteiger partial charge on any atom is 0.0249 e. The van der Waals surface area contributed by atoms with Crippen molar-refractivity contribution in [1.82, 2.24) is 0 Å². The van der Waals surface area contributed by atoms with Crippen LogP contribution in [0.15, 0.2) is 437 Å². The van der Waals surface area contributed by atoms with Crippen LogP contribution in [0.5, 0.6) is 0 Å². The fourth-order valence-electron chi connectivity index (χ4n) is 13.9. The Balaban J connectivity index is 0.382. The lowest BCUT2D eigenvalue weighted by Gasteiger charge is -1.95. The second-order valence-electron chi connectivity index (χ2n) is 33.2. The molecule has 0 amide bonds. The molecule has 0 bridgehead atoms. The average Bonchev–Trinajstić information content (AvgIpc) is 0.869. The van der Waals surface area contributed by atoms with E-state index in [4.69, 9.17) is 0 Å². The molecule has 0 spiro atoms. The fraction of sp³-hybridized carbons (Fsp3) is 0.0139. The first kappa shape index (κ1) is 92.9. The molecule has 0 radical (unpaired) electrons. The van der Waals surface area contributed by atoms with Crippen molar-refractivity contribution in [2.24, 2.45) is 0 Å². The van der Waals surface area contributed by atoms with Crippen LogP contribution in [0.25, 0.3) is 0 Å². The maximum absolute atomic E-state index is 3.28. The number of aryl methyl sites for hydroxylation is 2. The van der Waals surface area contributed by atoms with Crippen LogP contribution in [0.1, 0.15) is 200 Å². The lowest BCUT2D eigenvalue weighted by Crippen LogP contribution is -1.82. The van der Waals surface area contributed by atoms with Crippen molar-refractivity contribution in [2.75, 3.05) is 0 Å². The van der Waals surface area contributed by atoms with E-state index in [1.165, 1.54) is 11.1 Å². The van der Waals surface area contributed by atoms with Gasteiger partial charge >= 0.3 is 0 Å². The lowest BCUT2D eigenvalue weighted by atomic mass is 10.1. The van der Waals surface area contributed by atoms with Crippen molar-refractivity contribution in [1.29, 1.82) is 0 Å². The topological polar surface area (TPSA) is 0 Å². The van der Waals surface area contributed by atoms with Crippen molar-refractivity contribution >= 4 is 0 Å². The van der Waals surface area contributed by atoms with Gasteiger partial charge in [-0.2, -0.15) is 0 Å². The highest BCUT2D eigenvalue weighted by Crippen LogP contribution is 2.19. The molecule has 144 heavy (non-hydrogen) atoms. The smallest absolute Gasteiger partial charge is 0.0249 e. The Bertz CT molecular complexity index is 8110. The van der Waals surface area contributed by atoms with E-state index in [1.54, 1.807) is 0 Å². The molecule has 0 aliphatic heterocycles. The second kappa shape index (κ2) is 47.6. The fourth-order valence-corrected chi connectivity index (χ4v) is 13.9. The minimum atomic E-state index is 0.900. The largest absolute Gasteiger partial charge is 0.0617 e. The Labute approximate surface area is 846 Å². The van der Waals surface area contributed by atoms with Crippen LogP contribution in [0.2, 0.25) is 0 Å². The van der Waals surface area contributed by atoms with Crippen LogP contribution in [-0.2, 0) is 0 Å². The Hall–Kier alpha value is -21.5. The third kappa shape index (κ3) is 29.0. The molecule has 0 nitrogen and oxygen atoms in total. The van der Waals surface area contributed by atoms with Gasteiger partial charge in [-0.05, 0) is 426 Å². The van der Waals surface area contributed by atoms with Crippen LogP contribution < -0.4 is 0 Å². The Morgan fingerprint density at radius 3 is 0.139 bits per heavy atom. The molecule has 0 aliphatic carbocycles. The first-order valence-electron chi connectivity index (χ1n) is 46.5. The predicted octanol–water partition coefficient (Wildman–Crippen LogP) is 26.1. The van der Waals surface area contributed by atoms with E-state index in [0.29, 0.717) is 0 Å². The summed E-state index contributed by atoms with van der Waals surface area (Å²) in [6.45, 7) is 4.15. The second-order valence-corrected chi connectivity index (χ2v) is 33.2. The third-order valence-electron chi connectivity index (χ3n) is 22.2. The number of hydrogen-bond acceptors (Lipinski definition) is 0. The van der Waals surface area contributed by atoms with Gasteiger partial charge in [0.15, 0.2) is 0 Å². The Kier molecular flexibility index (Phi) is 30.7. The summed E-state index contributed by atoms with van der Waals surface area (Å²) in [5, 5.41) is 0. The van der Waals surface area contributed by atoms with Crippen molar-refractivity contribution in [2.45, 2.75) is 13.8 Å². The van der Waals surface area contributed by atoms with Gasteiger partial charge in [0.2, 0.25) is 0 Å². The zero-order valence-corrected chi connectivity index (χ0v) is 78.6. The predicted molar refractivity (Wildman–Crippen MR) is 587 cm³/mol. The highest BCUT2D eigenvalue weighted by atomic mass is 14.1. The number of hydrogen-bond donors (Lipinski definition) is 0. The molecule has 0 heterocycles. The standard InChI is InChI=1S/C144H78/c1-109-3-7-111(8-4-109)11-13-113-15-19-115(20-16-113)23-25-117-27-31-119(32-28-117)35-37-121-39-43-123(44-40-121)47-49-125-51-55-127(56-52-125)59-61-129-63-67-131(68-64-129)71-73-133-75-79-135(80-76-133)83-85-137-87-91-139(92-88-137)95-97-141-99-103-143(104-100-141)107-108-144-105-101-142(102-106-144)98-96-140-93-89-138(90-94-140)86-84-136-81-77-134(78-82-136)74-72-132-69-65-130(66-70-132)62-60-128-57-53-126(54-58-128)50-48-124-45-41-122(42-46-124)38-36-120-33-29-118(30-34-120)26-24-116-21-17-114(18-22-116)14-12-112-9-5-110(2)6-10-112/h3-10,15-22,27-34,39-46,51-58,63-70,75-82,87-94,99-106H,1-2H3. The van der Waals surface area contributed by atoms with Gasteiger partial charge in [0.1, 0.15) is 0 Å². The molecule has 0 N–H and O–H groups in total. The summed E-state index contributed by atoms with van der Waals surface area (Å²) >= 11 is 0. The van der Waals surface area contributed by atoms with Gasteiger partial charge in [-0.25, -0.2) is 0 Å². The minimum absolute atomic E-state index is 0.900. The van der Waals surface area contributed by atoms with Gasteiger partial charge in [-0.15, -0.1) is 0 Å². The van der Waals surface area contributed by atoms with Gasteiger partial charge in [0.05, 0.1) is 0 Å². The van der Waals surface area contributed by atoms with Gasteiger partial charge in [-0.3, -0.25) is 0 Å². The zero-order valence-electron chi connectivity index (χ0n) is 78.6. The number of benzene rings is 18. The van der Waals surface area contributed by atoms with Crippen LogP contribution in [0, 0.1) is 215 Å². The van der Waals surface area contributed by atoms with E-state index in [1.807, 2.05) is 413 Å². The van der Waals surface area contributed by atoms with Crippen LogP contribution >= 0.6 is 0 Å². The van der Waals surface area contributed by atoms with E-state index in [0.717, 1.165) is 189 Å². The maximum atomic E-state index is 3.28. The van der Waals surface area contributed by atoms with Crippen molar-refractivity contribution in [3.8, 4) is 201 Å². The summed E-state index contributed by atoms with van der Waals surface area (Å²) in [4.78, 5) is 0. The molecular formula is C144H78. The molecule has 0 aliphatic rings. The molecular weight excluding hydrogens is 1730 g/mol. The van der Waals surface area contributed by atoms with Crippen LogP contribution in [0.4, 0.5) is 0 Å². The normalized spacial score (nSPS) is 9.49. The highest BCUT2D eigenvalue weighted by Gasteiger charge is 2.04. The molecule has 0 fully saturated rings. The van der Waals surface area contributed by atoms with Gasteiger partial charge in [0, 0.05) is 189 Å². The SMILES string of the molecule is Cc1ccc(C#Cc2ccc(C#Cc3ccc(C#Cc4ccc(C#Cc5ccc(C#Cc6ccc(C#Cc7ccc(C#Cc8ccc(C#Cc9ccc(C#Cc%10ccc(C#Cc%11ccc(C#Cc%12ccc(C#Cc%13ccc(C#Cc%14ccc(C#Cc%15ccc(C#Cc%16ccc(C#Cc%17ccc(C#Cc%18ccc(C)cc%18)cc%17)cc%16)cc%15)cc%14)cc%13)cc%12)cc%11)cc%10)cc9)cc8)cc7)cc6)cc5)cc4)cc3)cc2)cc1. The Morgan fingerprint density at radius 1 is 0.0625 bits per heavy atom. The van der Waals surface area contributed by atoms with E-state index >= 15 is 0 Å². The van der Waals surface area contributed by atoms with E-state index < -0.39 is 0 Å². The van der Waals surface area contributed by atoms with E-state index in [-0.39, 0.29) is 0 Å². The minimum Gasteiger partial charge on any atom is -0.0617 e. The summed E-state index contributed by atoms with van der Waals surface area (Å²) in [5.41, 5.74) is 33.6. The molecule has 18 aromatic rings. The summed E-state index contributed by atoms with van der Waals surface area (Å²) in [6, 6.07) is 144. The average molecular weight is 1810 g/mol. The molecule has 654 valence electrons. The van der Waals surface area contributed by atoms with Crippen molar-refractivity contribution < 1.29 is 0 Å². The molecule has 0 saturated heterocycles. The van der Waals surface area contributed by atoms with Gasteiger partial charge in [-0.1, -0.05) is 237 Å². The monoisotopic (exact) mass is 1810 g/mol. The van der Waals surface area contributed by atoms with Gasteiger partial charge in [0.25, 0.3) is 0 Å². The zero-order chi connectivity index (χ0) is 97.7. The van der Waals surface area contributed by atoms with E-state index in [9.17, 15) is 0 Å². The third-order valence-corrected chi connectivity index (χ3v) is 22.2. The number of rotatable bonds is 0. The molecule has 0 heteroatoms. The Morgan fingerprint density at radius 2 is 0.0972 bits per heavy atom. The molecule has 18 aromatic carbocycles. The molecule has 0 aromatic heterocycles. The first-order chi connectivity index (χ1) is 70.9. The molecule has 18 rings (SSSR count). The van der Waals surface area contributed by atoms with Crippen LogP contribution in [0.3, 0.4) is 0 Å². The first-order valence-corrected chi connectivity index (χ1v) is 46.5. The summed E-state index contributed by atoms with van der Waals surface area (Å²) in [6.07, 6.45) is 0. The summed E-state index contributed by atoms with van der Waals surface area (Å²) in [7, 11) is 0. The molecule has 0 atom stereocenters. The van der Waals surface area contributed by atoms with Gasteiger partial charge < -0.3 is 0 Å². The molecule has 0 unspecified atom stereocenters. The quantitative estimate of drug-likeness (QED) is 0.133. The van der Waals surface area contributed by atoms with Crippen molar-refractivity contribution in [3.05, 3.63) is 637 Å². The molecule has 0 saturated carbocycles. The lowest BCUT2D eigenvalue weighted by molar-refractivity contribution is 1.46. The summed E-state index contributed by atoms with van der Waals surface area (Å²) < 4.78 is 0. The highest BCUT2D eigenvalue weighted by molar-refractivity contribution is 5.62. The van der Waals surface area contributed by atoms with E-state index in [2.05, 4.69) is 239 Å². The summed E-state index contributed by atoms with van der Waals surface area (Å²) in [5.74, 6) is 111. The van der Waals surface area contributed by atoms with Crippen LogP contribution in [-0.4, -0.2) is 0 Å². The van der Waals surface area contributed by atoms with Crippen molar-refractivity contribution in [3.63, 3.8) is 0 Å².